The van der Waals surface area contributed by atoms with E-state index in [1.807, 2.05) is 6.08 Å². The molecule has 114 valence electrons. The van der Waals surface area contributed by atoms with E-state index in [1.165, 1.54) is 0 Å². The quantitative estimate of drug-likeness (QED) is 0.792. The van der Waals surface area contributed by atoms with Gasteiger partial charge in [0.2, 0.25) is 0 Å². The van der Waals surface area contributed by atoms with Gasteiger partial charge in [-0.1, -0.05) is 6.08 Å². The summed E-state index contributed by atoms with van der Waals surface area (Å²) in [6, 6.07) is 1.15. The van der Waals surface area contributed by atoms with E-state index in [4.69, 9.17) is 9.47 Å². The van der Waals surface area contributed by atoms with Crippen molar-refractivity contribution >= 4 is 5.57 Å². The van der Waals surface area contributed by atoms with Gasteiger partial charge in [-0.15, -0.1) is 0 Å². The Bertz CT molecular complexity index is 575. The first-order valence-corrected chi connectivity index (χ1v) is 6.91. The van der Waals surface area contributed by atoms with Crippen LogP contribution in [0.2, 0.25) is 0 Å². The summed E-state index contributed by atoms with van der Waals surface area (Å²) in [6.45, 7) is 2.85. The Morgan fingerprint density at radius 1 is 1.24 bits per heavy atom. The molecule has 0 amide bonds. The van der Waals surface area contributed by atoms with E-state index in [0.29, 0.717) is 43.7 Å². The number of aryl methyl sites for hydroxylation is 1. The first kappa shape index (κ1) is 14.5. The number of halogens is 3. The normalized spacial score (nSPS) is 21.6. The lowest BCUT2D eigenvalue weighted by molar-refractivity contribution is -0.159. The first-order chi connectivity index (χ1) is 9.90. The van der Waals surface area contributed by atoms with Crippen molar-refractivity contribution in [3.05, 3.63) is 35.2 Å². The second-order valence-electron chi connectivity index (χ2n) is 5.43. The number of hydrogen-bond acceptors (Lipinski definition) is 3. The second-order valence-corrected chi connectivity index (χ2v) is 5.43. The molecule has 1 aliphatic heterocycles. The summed E-state index contributed by atoms with van der Waals surface area (Å²) in [7, 11) is 0. The molecule has 2 aliphatic rings. The van der Waals surface area contributed by atoms with Crippen LogP contribution in [0.5, 0.6) is 0 Å². The van der Waals surface area contributed by atoms with E-state index in [0.717, 1.165) is 17.8 Å². The number of alkyl halides is 3. The van der Waals surface area contributed by atoms with Gasteiger partial charge in [0.15, 0.2) is 5.79 Å². The van der Waals surface area contributed by atoms with E-state index < -0.39 is 17.5 Å². The third kappa shape index (κ3) is 2.82. The van der Waals surface area contributed by atoms with Crippen LogP contribution in [0.3, 0.4) is 0 Å². The third-order valence-corrected chi connectivity index (χ3v) is 3.96. The molecule has 1 aromatic heterocycles. The van der Waals surface area contributed by atoms with Crippen LogP contribution >= 0.6 is 0 Å². The molecule has 1 fully saturated rings. The highest BCUT2D eigenvalue weighted by molar-refractivity contribution is 5.66. The standard InChI is InChI=1S/C15H16F3NO2/c1-10-8-12(15(16,17)18)9-19-13(10)11-2-4-14(5-3-11)20-6-7-21-14/h2,8-9H,3-7H2,1H3. The zero-order valence-corrected chi connectivity index (χ0v) is 11.7. The Hall–Kier alpha value is -1.40. The van der Waals surface area contributed by atoms with Gasteiger partial charge in [-0.25, -0.2) is 0 Å². The van der Waals surface area contributed by atoms with Gasteiger partial charge in [0.25, 0.3) is 0 Å². The molecule has 3 nitrogen and oxygen atoms in total. The molecule has 1 aliphatic carbocycles. The highest BCUT2D eigenvalue weighted by Crippen LogP contribution is 2.39. The molecule has 0 N–H and O–H groups in total. The van der Waals surface area contributed by atoms with Gasteiger partial charge in [-0.2, -0.15) is 13.2 Å². The van der Waals surface area contributed by atoms with Crippen LogP contribution in [0, 0.1) is 6.92 Å². The fraction of sp³-hybridized carbons (Fsp3) is 0.533. The predicted octanol–water partition coefficient (Wildman–Crippen LogP) is 3.72. The highest BCUT2D eigenvalue weighted by atomic mass is 19.4. The number of aromatic nitrogens is 1. The maximum Gasteiger partial charge on any atom is 0.417 e. The minimum absolute atomic E-state index is 0.524. The van der Waals surface area contributed by atoms with Crippen LogP contribution in [0.15, 0.2) is 18.3 Å². The summed E-state index contributed by atoms with van der Waals surface area (Å²) in [4.78, 5) is 4.01. The second kappa shape index (κ2) is 5.10. The lowest BCUT2D eigenvalue weighted by Crippen LogP contribution is -2.31. The maximum absolute atomic E-state index is 12.7. The number of nitrogens with zero attached hydrogens (tertiary/aromatic N) is 1. The lowest BCUT2D eigenvalue weighted by atomic mass is 9.90. The van der Waals surface area contributed by atoms with Crippen molar-refractivity contribution in [2.24, 2.45) is 0 Å². The molecule has 0 unspecified atom stereocenters. The van der Waals surface area contributed by atoms with Gasteiger partial charge in [0.05, 0.1) is 24.5 Å². The van der Waals surface area contributed by atoms with Gasteiger partial charge in [-0.3, -0.25) is 4.98 Å². The molecule has 0 aromatic carbocycles. The van der Waals surface area contributed by atoms with Gasteiger partial charge in [0, 0.05) is 19.0 Å². The van der Waals surface area contributed by atoms with E-state index >= 15 is 0 Å². The number of ether oxygens (including phenoxy) is 2. The van der Waals surface area contributed by atoms with Crippen LogP contribution < -0.4 is 0 Å². The molecule has 1 saturated heterocycles. The number of allylic oxidation sites excluding steroid dienone is 1. The molecule has 0 bridgehead atoms. The summed E-state index contributed by atoms with van der Waals surface area (Å²) < 4.78 is 49.2. The van der Waals surface area contributed by atoms with Crippen molar-refractivity contribution < 1.29 is 22.6 Å². The monoisotopic (exact) mass is 299 g/mol. The molecular formula is C15H16F3NO2. The lowest BCUT2D eigenvalue weighted by Gasteiger charge is -2.30. The minimum Gasteiger partial charge on any atom is -0.347 e. The van der Waals surface area contributed by atoms with E-state index in [9.17, 15) is 13.2 Å². The summed E-state index contributed by atoms with van der Waals surface area (Å²) in [5.74, 6) is -0.524. The number of pyridine rings is 1. The zero-order chi connectivity index (χ0) is 15.1. The van der Waals surface area contributed by atoms with Crippen molar-refractivity contribution in [2.75, 3.05) is 13.2 Å². The molecule has 3 rings (SSSR count). The molecule has 0 saturated carbocycles. The van der Waals surface area contributed by atoms with Crippen molar-refractivity contribution in [3.63, 3.8) is 0 Å². The van der Waals surface area contributed by atoms with Gasteiger partial charge in [0.1, 0.15) is 0 Å². The van der Waals surface area contributed by atoms with Crippen LogP contribution in [-0.2, 0) is 15.7 Å². The molecule has 1 spiro atoms. The Balaban J connectivity index is 1.83. The summed E-state index contributed by atoms with van der Waals surface area (Å²) in [6.07, 6.45) is 0.533. The summed E-state index contributed by atoms with van der Waals surface area (Å²) in [5.41, 5.74) is 1.43. The van der Waals surface area contributed by atoms with Crippen molar-refractivity contribution in [1.29, 1.82) is 0 Å². The van der Waals surface area contributed by atoms with Gasteiger partial charge in [-0.05, 0) is 30.5 Å². The van der Waals surface area contributed by atoms with Gasteiger partial charge >= 0.3 is 6.18 Å². The molecule has 6 heteroatoms. The fourth-order valence-electron chi connectivity index (χ4n) is 2.85. The predicted molar refractivity (Wildman–Crippen MR) is 70.4 cm³/mol. The highest BCUT2D eigenvalue weighted by Gasteiger charge is 2.38. The third-order valence-electron chi connectivity index (χ3n) is 3.96. The van der Waals surface area contributed by atoms with Crippen molar-refractivity contribution in [2.45, 2.75) is 38.1 Å². The van der Waals surface area contributed by atoms with E-state index in [-0.39, 0.29) is 0 Å². The Morgan fingerprint density at radius 3 is 2.48 bits per heavy atom. The van der Waals surface area contributed by atoms with E-state index in [1.54, 1.807) is 6.92 Å². The largest absolute Gasteiger partial charge is 0.417 e. The molecule has 2 heterocycles. The SMILES string of the molecule is Cc1cc(C(F)(F)F)cnc1C1=CCC2(CC1)OCCO2. The van der Waals surface area contributed by atoms with Crippen molar-refractivity contribution in [3.8, 4) is 0 Å². The topological polar surface area (TPSA) is 31.4 Å². The zero-order valence-electron chi connectivity index (χ0n) is 11.7. The van der Waals surface area contributed by atoms with Crippen LogP contribution in [-0.4, -0.2) is 24.0 Å². The van der Waals surface area contributed by atoms with Gasteiger partial charge < -0.3 is 9.47 Å². The molecule has 0 atom stereocenters. The molecule has 0 radical (unpaired) electrons. The molecule has 1 aromatic rings. The average molecular weight is 299 g/mol. The smallest absolute Gasteiger partial charge is 0.347 e. The fourth-order valence-corrected chi connectivity index (χ4v) is 2.85. The Morgan fingerprint density at radius 2 is 1.95 bits per heavy atom. The Kier molecular flexibility index (Phi) is 3.53. The summed E-state index contributed by atoms with van der Waals surface area (Å²) >= 11 is 0. The van der Waals surface area contributed by atoms with Crippen LogP contribution in [0.1, 0.15) is 36.1 Å². The molecule has 21 heavy (non-hydrogen) atoms. The van der Waals surface area contributed by atoms with Crippen molar-refractivity contribution in [1.82, 2.24) is 4.98 Å². The minimum atomic E-state index is -4.35. The number of rotatable bonds is 1. The van der Waals surface area contributed by atoms with Crippen LogP contribution in [0.4, 0.5) is 13.2 Å². The maximum atomic E-state index is 12.7. The van der Waals surface area contributed by atoms with E-state index in [2.05, 4.69) is 4.98 Å². The number of hydrogen-bond donors (Lipinski definition) is 0. The summed E-state index contributed by atoms with van der Waals surface area (Å²) in [5, 5.41) is 0. The van der Waals surface area contributed by atoms with Crippen LogP contribution in [0.25, 0.3) is 5.57 Å². The molecular weight excluding hydrogens is 283 g/mol. The average Bonchev–Trinajstić information content (AvgIpc) is 2.87. The first-order valence-electron chi connectivity index (χ1n) is 6.91. The Labute approximate surface area is 120 Å².